The third kappa shape index (κ3) is 5.28. The Hall–Kier alpha value is -2.39. The lowest BCUT2D eigenvalue weighted by atomic mass is 9.42. The highest BCUT2D eigenvalue weighted by atomic mass is 16.7. The Labute approximate surface area is 274 Å². The number of phenols is 1. The van der Waals surface area contributed by atoms with Crippen molar-refractivity contribution in [3.63, 3.8) is 0 Å². The van der Waals surface area contributed by atoms with Crippen LogP contribution in [-0.2, 0) is 14.9 Å². The minimum atomic E-state index is -1.87. The number of carbonyl (C=O) groups excluding carboxylic acids is 1. The second kappa shape index (κ2) is 11.6. The lowest BCUT2D eigenvalue weighted by Gasteiger charge is -2.60. The summed E-state index contributed by atoms with van der Waals surface area (Å²) in [4.78, 5) is 14.6. The Balaban J connectivity index is 1.56. The van der Waals surface area contributed by atoms with Crippen LogP contribution in [0.4, 0.5) is 0 Å². The summed E-state index contributed by atoms with van der Waals surface area (Å²) in [5.74, 6) is -2.03. The molecular formula is C35H50O12. The van der Waals surface area contributed by atoms with Crippen LogP contribution in [0.15, 0.2) is 24.3 Å². The summed E-state index contributed by atoms with van der Waals surface area (Å²) in [5, 5.41) is 96.5. The predicted molar refractivity (Wildman–Crippen MR) is 169 cm³/mol. The van der Waals surface area contributed by atoms with Crippen molar-refractivity contribution in [1.29, 1.82) is 0 Å². The van der Waals surface area contributed by atoms with Crippen molar-refractivity contribution in [2.45, 2.75) is 121 Å². The number of Topliss-reactive ketones (excluding diaryl/α,β-unsaturated/α-hetero) is 1. The molecule has 3 fully saturated rings. The number of aliphatic hydroxyl groups is 8. The number of hydrogen-bond donors (Lipinski definition) is 9. The molecule has 262 valence electrons. The molecule has 0 aromatic heterocycles. The maximum atomic E-state index is 14.6. The van der Waals surface area contributed by atoms with Gasteiger partial charge in [0.05, 0.1) is 29.3 Å². The molecule has 2 saturated carbocycles. The molecular weight excluding hydrogens is 612 g/mol. The van der Waals surface area contributed by atoms with Gasteiger partial charge in [-0.1, -0.05) is 38.2 Å². The first-order valence-corrected chi connectivity index (χ1v) is 16.1. The van der Waals surface area contributed by atoms with Gasteiger partial charge in [-0.3, -0.25) is 4.79 Å². The van der Waals surface area contributed by atoms with E-state index in [4.69, 9.17) is 9.47 Å². The van der Waals surface area contributed by atoms with Gasteiger partial charge in [-0.05, 0) is 75.0 Å². The first-order valence-electron chi connectivity index (χ1n) is 16.1. The van der Waals surface area contributed by atoms with E-state index in [1.807, 2.05) is 26.0 Å². The zero-order valence-electron chi connectivity index (χ0n) is 28.0. The number of allylic oxidation sites excluding steroid dienone is 1. The Morgan fingerprint density at radius 2 is 1.70 bits per heavy atom. The van der Waals surface area contributed by atoms with Crippen LogP contribution in [0.5, 0.6) is 11.5 Å². The maximum absolute atomic E-state index is 14.6. The number of aliphatic hydroxyl groups excluding tert-OH is 6. The van der Waals surface area contributed by atoms with Gasteiger partial charge in [0.1, 0.15) is 36.3 Å². The van der Waals surface area contributed by atoms with Gasteiger partial charge in [0, 0.05) is 17.9 Å². The van der Waals surface area contributed by atoms with Crippen LogP contribution in [0.1, 0.15) is 71.1 Å². The van der Waals surface area contributed by atoms with Gasteiger partial charge in [-0.15, -0.1) is 0 Å². The van der Waals surface area contributed by atoms with E-state index in [1.54, 1.807) is 13.8 Å². The van der Waals surface area contributed by atoms with E-state index in [1.165, 1.54) is 39.0 Å². The van der Waals surface area contributed by atoms with Crippen LogP contribution in [0.25, 0.3) is 6.08 Å². The molecule has 3 aliphatic carbocycles. The number of fused-ring (bicyclic) bond motifs is 5. The highest BCUT2D eigenvalue weighted by Crippen LogP contribution is 2.71. The van der Waals surface area contributed by atoms with Crippen molar-refractivity contribution < 1.29 is 60.2 Å². The number of carbonyl (C=O) groups is 1. The summed E-state index contributed by atoms with van der Waals surface area (Å²) in [6.45, 7) is 11.1. The average molecular weight is 663 g/mol. The lowest BCUT2D eigenvalue weighted by Crippen LogP contribution is -2.63. The van der Waals surface area contributed by atoms with Crippen LogP contribution >= 0.6 is 0 Å². The Bertz CT molecular complexity index is 1460. The number of rotatable bonds is 7. The number of hydrogen-bond acceptors (Lipinski definition) is 12. The Morgan fingerprint density at radius 1 is 1.06 bits per heavy atom. The van der Waals surface area contributed by atoms with E-state index in [0.717, 1.165) is 0 Å². The molecule has 1 saturated heterocycles. The molecule has 4 aliphatic rings. The zero-order chi connectivity index (χ0) is 35.2. The van der Waals surface area contributed by atoms with Gasteiger partial charge in [0.2, 0.25) is 6.29 Å². The molecule has 1 aromatic rings. The van der Waals surface area contributed by atoms with Crippen molar-refractivity contribution in [1.82, 2.24) is 0 Å². The molecule has 13 atom stereocenters. The van der Waals surface area contributed by atoms with Crippen LogP contribution in [-0.4, -0.2) is 112 Å². The number of benzene rings is 1. The third-order valence-corrected chi connectivity index (χ3v) is 12.0. The second-order valence-electron chi connectivity index (χ2n) is 15.5. The second-order valence-corrected chi connectivity index (χ2v) is 15.5. The standard InChI is InChI=1S/C35H50O12/c1-16-17-8-9-22-32(4)13-19(37)29(35(7,45)23(38)10-11-31(2,3)44)33(32,5)14-24(39)34(22,6)18(17)12-20(25(16)40)46-30-28(43)27(42)26(41)21(15-36)47-30/h8-12,19,21-23,26-30,36-38,40-45H,13-15H2,1-7H3/b11-10+/t19-,21?,22+,23?,26?,27?,28?,29+,30?,32+,33-,34+,35+/m1/s1. The molecule has 0 bridgehead atoms. The van der Waals surface area contributed by atoms with Crippen LogP contribution < -0.4 is 4.74 Å². The number of phenolic OH excluding ortho intramolecular Hbond substituents is 1. The number of aromatic hydroxyl groups is 1. The molecule has 12 nitrogen and oxygen atoms in total. The molecule has 1 aliphatic heterocycles. The smallest absolute Gasteiger partial charge is 0.229 e. The SMILES string of the molecule is Cc1c(O)c(OC2OC(CO)C(O)C(O)C2O)cc2c1C=C[C@@H]1[C@@]2(C)C(=O)C[C@]2(C)[C@@H]([C@@](C)(O)C(O)/C=C/C(C)(C)O)[C@H](O)C[C@@]12C. The van der Waals surface area contributed by atoms with E-state index in [0.29, 0.717) is 16.7 Å². The zero-order valence-corrected chi connectivity index (χ0v) is 28.0. The molecule has 0 radical (unpaired) electrons. The molecule has 9 N–H and O–H groups in total. The van der Waals surface area contributed by atoms with Crippen LogP contribution in [0.3, 0.4) is 0 Å². The molecule has 5 rings (SSSR count). The molecule has 6 unspecified atom stereocenters. The van der Waals surface area contributed by atoms with Crippen molar-refractivity contribution >= 4 is 11.9 Å². The molecule has 47 heavy (non-hydrogen) atoms. The fourth-order valence-corrected chi connectivity index (χ4v) is 9.16. The average Bonchev–Trinajstić information content (AvgIpc) is 3.19. The highest BCUT2D eigenvalue weighted by Gasteiger charge is 2.72. The van der Waals surface area contributed by atoms with Crippen molar-refractivity contribution in [2.75, 3.05) is 6.61 Å². The Kier molecular flexibility index (Phi) is 8.86. The highest BCUT2D eigenvalue weighted by molar-refractivity contribution is 5.95. The third-order valence-electron chi connectivity index (χ3n) is 12.0. The summed E-state index contributed by atoms with van der Waals surface area (Å²) in [7, 11) is 0. The first kappa shape index (κ1) is 35.9. The summed E-state index contributed by atoms with van der Waals surface area (Å²) in [5.41, 5.74) is -4.55. The Morgan fingerprint density at radius 3 is 2.30 bits per heavy atom. The van der Waals surface area contributed by atoms with Gasteiger partial charge >= 0.3 is 0 Å². The summed E-state index contributed by atoms with van der Waals surface area (Å²) >= 11 is 0. The first-order chi connectivity index (χ1) is 21.6. The fourth-order valence-electron chi connectivity index (χ4n) is 9.16. The summed E-state index contributed by atoms with van der Waals surface area (Å²) in [6.07, 6.45) is -3.77. The fraction of sp³-hybridized carbons (Fsp3) is 0.686. The monoisotopic (exact) mass is 662 g/mol. The van der Waals surface area contributed by atoms with Gasteiger partial charge in [-0.25, -0.2) is 0 Å². The summed E-state index contributed by atoms with van der Waals surface area (Å²) < 4.78 is 11.4. The van der Waals surface area contributed by atoms with Crippen LogP contribution in [0, 0.1) is 29.6 Å². The van der Waals surface area contributed by atoms with Crippen LogP contribution in [0.2, 0.25) is 0 Å². The van der Waals surface area contributed by atoms with Crippen molar-refractivity contribution in [2.24, 2.45) is 22.7 Å². The van der Waals surface area contributed by atoms with E-state index in [-0.39, 0.29) is 30.1 Å². The molecule has 1 heterocycles. The van der Waals surface area contributed by atoms with E-state index in [9.17, 15) is 50.8 Å². The molecule has 1 aromatic carbocycles. The topological polar surface area (TPSA) is 218 Å². The minimum absolute atomic E-state index is 0.0492. The molecule has 0 amide bonds. The normalized spacial score (nSPS) is 42.1. The maximum Gasteiger partial charge on any atom is 0.229 e. The number of ether oxygens (including phenoxy) is 2. The van der Waals surface area contributed by atoms with E-state index >= 15 is 0 Å². The van der Waals surface area contributed by atoms with E-state index in [2.05, 4.69) is 0 Å². The van der Waals surface area contributed by atoms with Crippen molar-refractivity contribution in [3.8, 4) is 11.5 Å². The lowest BCUT2D eigenvalue weighted by molar-refractivity contribution is -0.277. The van der Waals surface area contributed by atoms with Gasteiger partial charge in [0.15, 0.2) is 11.5 Å². The predicted octanol–water partition coefficient (Wildman–Crippen LogP) is 0.585. The minimum Gasteiger partial charge on any atom is -0.504 e. The molecule has 12 heteroatoms. The van der Waals surface area contributed by atoms with E-state index < -0.39 is 88.8 Å². The quantitative estimate of drug-likeness (QED) is 0.183. The largest absolute Gasteiger partial charge is 0.504 e. The summed E-state index contributed by atoms with van der Waals surface area (Å²) in [6, 6.07) is 1.50. The van der Waals surface area contributed by atoms with Gasteiger partial charge in [0.25, 0.3) is 0 Å². The molecule has 0 spiro atoms. The van der Waals surface area contributed by atoms with Gasteiger partial charge in [-0.2, -0.15) is 0 Å². The number of ketones is 1. The van der Waals surface area contributed by atoms with Gasteiger partial charge < -0.3 is 55.4 Å². The van der Waals surface area contributed by atoms with Crippen molar-refractivity contribution in [3.05, 3.63) is 41.0 Å².